The Morgan fingerprint density at radius 2 is 1.95 bits per heavy atom. The van der Waals surface area contributed by atoms with Crippen LogP contribution in [0.5, 0.6) is 5.75 Å². The van der Waals surface area contributed by atoms with Crippen molar-refractivity contribution in [2.24, 2.45) is 5.73 Å². The monoisotopic (exact) mass is 327 g/mol. The van der Waals surface area contributed by atoms with Crippen LogP contribution in [0.3, 0.4) is 0 Å². The number of hydrogen-bond donors (Lipinski definition) is 1. The lowest BCUT2D eigenvalue weighted by atomic mass is 10.0. The van der Waals surface area contributed by atoms with E-state index in [2.05, 4.69) is 29.8 Å². The van der Waals surface area contributed by atoms with Crippen molar-refractivity contribution in [2.75, 3.05) is 0 Å². The number of ether oxygens (including phenoxy) is 2. The lowest BCUT2D eigenvalue weighted by Gasteiger charge is -2.32. The number of rotatable bonds is 3. The third kappa shape index (κ3) is 3.94. The van der Waals surface area contributed by atoms with E-state index in [1.807, 2.05) is 25.1 Å². The number of nitrogens with two attached hydrogens (primary N) is 1. The van der Waals surface area contributed by atoms with Gasteiger partial charge in [-0.1, -0.05) is 6.07 Å². The zero-order valence-corrected chi connectivity index (χ0v) is 13.3. The maximum absolute atomic E-state index is 6.09. The molecule has 1 aromatic rings. The molecule has 2 rings (SSSR count). The molecule has 0 saturated carbocycles. The fraction of sp³-hybridized carbons (Fsp3) is 0.600. The summed E-state index contributed by atoms with van der Waals surface area (Å²) in [5, 5.41) is 0. The van der Waals surface area contributed by atoms with E-state index in [1.165, 1.54) is 0 Å². The van der Waals surface area contributed by atoms with Crippen molar-refractivity contribution in [3.8, 4) is 5.75 Å². The standard InChI is InChI=1S/C15H22BrNO2/c1-9-6-13(7-10(2)18-9)19-15-5-4-12(11(3)17)8-14(15)16/h4-5,8-11,13H,6-7,17H2,1-3H3. The zero-order chi connectivity index (χ0) is 14.0. The Morgan fingerprint density at radius 3 is 2.47 bits per heavy atom. The summed E-state index contributed by atoms with van der Waals surface area (Å²) in [6.07, 6.45) is 2.61. The molecule has 1 heterocycles. The van der Waals surface area contributed by atoms with Crippen LogP contribution in [0.1, 0.15) is 45.2 Å². The average molecular weight is 328 g/mol. The lowest BCUT2D eigenvalue weighted by molar-refractivity contribution is -0.0722. The normalized spacial score (nSPS) is 29.0. The van der Waals surface area contributed by atoms with Gasteiger partial charge in [0.15, 0.2) is 0 Å². The van der Waals surface area contributed by atoms with Gasteiger partial charge in [-0.3, -0.25) is 0 Å². The molecule has 0 aliphatic carbocycles. The van der Waals surface area contributed by atoms with Gasteiger partial charge in [0.1, 0.15) is 11.9 Å². The van der Waals surface area contributed by atoms with E-state index in [0.717, 1.165) is 28.6 Å². The van der Waals surface area contributed by atoms with Crippen molar-refractivity contribution in [1.82, 2.24) is 0 Å². The second kappa shape index (κ2) is 6.25. The number of benzene rings is 1. The Hall–Kier alpha value is -0.580. The first-order valence-corrected chi connectivity index (χ1v) is 7.62. The Bertz CT molecular complexity index is 426. The van der Waals surface area contributed by atoms with Crippen molar-refractivity contribution in [3.63, 3.8) is 0 Å². The summed E-state index contributed by atoms with van der Waals surface area (Å²) in [7, 11) is 0. The van der Waals surface area contributed by atoms with E-state index in [9.17, 15) is 0 Å². The molecule has 4 heteroatoms. The molecule has 1 saturated heterocycles. The second-order valence-corrected chi connectivity index (χ2v) is 6.30. The fourth-order valence-corrected chi connectivity index (χ4v) is 3.01. The first-order chi connectivity index (χ1) is 8.95. The molecule has 3 atom stereocenters. The maximum Gasteiger partial charge on any atom is 0.133 e. The van der Waals surface area contributed by atoms with Crippen LogP contribution < -0.4 is 10.5 Å². The Kier molecular flexibility index (Phi) is 4.87. The summed E-state index contributed by atoms with van der Waals surface area (Å²) in [6, 6.07) is 6.09. The molecular weight excluding hydrogens is 306 g/mol. The summed E-state index contributed by atoms with van der Waals surface area (Å²) in [4.78, 5) is 0. The first-order valence-electron chi connectivity index (χ1n) is 6.83. The molecule has 2 N–H and O–H groups in total. The maximum atomic E-state index is 6.09. The summed E-state index contributed by atoms with van der Waals surface area (Å²) < 4.78 is 12.8. The van der Waals surface area contributed by atoms with Gasteiger partial charge in [0.25, 0.3) is 0 Å². The minimum Gasteiger partial charge on any atom is -0.489 e. The van der Waals surface area contributed by atoms with Crippen LogP contribution in [0.25, 0.3) is 0 Å². The van der Waals surface area contributed by atoms with E-state index >= 15 is 0 Å². The van der Waals surface area contributed by atoms with Gasteiger partial charge >= 0.3 is 0 Å². The van der Waals surface area contributed by atoms with Gasteiger partial charge in [-0.05, 0) is 54.4 Å². The molecule has 0 bridgehead atoms. The molecule has 3 unspecified atom stereocenters. The molecular formula is C15H22BrNO2. The third-order valence-electron chi connectivity index (χ3n) is 3.43. The van der Waals surface area contributed by atoms with Gasteiger partial charge in [-0.2, -0.15) is 0 Å². The van der Waals surface area contributed by atoms with Gasteiger partial charge in [0.05, 0.1) is 16.7 Å². The van der Waals surface area contributed by atoms with Crippen molar-refractivity contribution >= 4 is 15.9 Å². The van der Waals surface area contributed by atoms with Gasteiger partial charge < -0.3 is 15.2 Å². The highest BCUT2D eigenvalue weighted by Gasteiger charge is 2.26. The van der Waals surface area contributed by atoms with E-state index in [0.29, 0.717) is 0 Å². The van der Waals surface area contributed by atoms with Gasteiger partial charge in [-0.15, -0.1) is 0 Å². The predicted molar refractivity (Wildman–Crippen MR) is 80.4 cm³/mol. The van der Waals surface area contributed by atoms with Crippen LogP contribution in [-0.2, 0) is 4.74 Å². The smallest absolute Gasteiger partial charge is 0.133 e. The Morgan fingerprint density at radius 1 is 1.32 bits per heavy atom. The minimum absolute atomic E-state index is 0.0356. The second-order valence-electron chi connectivity index (χ2n) is 5.45. The molecule has 0 aromatic heterocycles. The van der Waals surface area contributed by atoms with Crippen LogP contribution in [-0.4, -0.2) is 18.3 Å². The van der Waals surface area contributed by atoms with E-state index < -0.39 is 0 Å². The molecule has 1 aromatic carbocycles. The molecule has 3 nitrogen and oxygen atoms in total. The van der Waals surface area contributed by atoms with Crippen molar-refractivity contribution in [2.45, 2.75) is 58.0 Å². The Labute approximate surface area is 123 Å². The molecule has 1 aliphatic rings. The fourth-order valence-electron chi connectivity index (χ4n) is 2.52. The van der Waals surface area contributed by atoms with E-state index in [-0.39, 0.29) is 24.4 Å². The third-order valence-corrected chi connectivity index (χ3v) is 4.05. The highest BCUT2D eigenvalue weighted by atomic mass is 79.9. The molecule has 0 spiro atoms. The molecule has 1 fully saturated rings. The molecule has 0 radical (unpaired) electrons. The SMILES string of the molecule is CC1CC(Oc2ccc(C(C)N)cc2Br)CC(C)O1. The number of hydrogen-bond acceptors (Lipinski definition) is 3. The highest BCUT2D eigenvalue weighted by molar-refractivity contribution is 9.10. The molecule has 1 aliphatic heterocycles. The molecule has 106 valence electrons. The lowest BCUT2D eigenvalue weighted by Crippen LogP contribution is -2.35. The van der Waals surface area contributed by atoms with Crippen molar-refractivity contribution in [3.05, 3.63) is 28.2 Å². The predicted octanol–water partition coefficient (Wildman–Crippen LogP) is 3.80. The van der Waals surface area contributed by atoms with Crippen LogP contribution in [0.4, 0.5) is 0 Å². The summed E-state index contributed by atoms with van der Waals surface area (Å²) in [6.45, 7) is 6.17. The van der Waals surface area contributed by atoms with Crippen molar-refractivity contribution in [1.29, 1.82) is 0 Å². The van der Waals surface area contributed by atoms with Gasteiger partial charge in [0, 0.05) is 18.9 Å². The number of halogens is 1. The van der Waals surface area contributed by atoms with Crippen molar-refractivity contribution < 1.29 is 9.47 Å². The van der Waals surface area contributed by atoms with Crippen LogP contribution >= 0.6 is 15.9 Å². The summed E-state index contributed by atoms with van der Waals surface area (Å²) in [5.74, 6) is 0.885. The summed E-state index contributed by atoms with van der Waals surface area (Å²) >= 11 is 3.56. The average Bonchev–Trinajstić information content (AvgIpc) is 2.30. The van der Waals surface area contributed by atoms with Gasteiger partial charge in [0.2, 0.25) is 0 Å². The first kappa shape index (κ1) is 14.8. The van der Waals surface area contributed by atoms with E-state index in [4.69, 9.17) is 15.2 Å². The van der Waals surface area contributed by atoms with Gasteiger partial charge in [-0.25, -0.2) is 0 Å². The highest BCUT2D eigenvalue weighted by Crippen LogP contribution is 2.31. The molecule has 19 heavy (non-hydrogen) atoms. The quantitative estimate of drug-likeness (QED) is 0.918. The van der Waals surface area contributed by atoms with E-state index in [1.54, 1.807) is 0 Å². The zero-order valence-electron chi connectivity index (χ0n) is 11.7. The van der Waals surface area contributed by atoms with Crippen LogP contribution in [0.2, 0.25) is 0 Å². The van der Waals surface area contributed by atoms with Crippen LogP contribution in [0.15, 0.2) is 22.7 Å². The Balaban J connectivity index is 2.06. The topological polar surface area (TPSA) is 44.5 Å². The largest absolute Gasteiger partial charge is 0.489 e. The minimum atomic E-state index is 0.0356. The molecule has 0 amide bonds. The van der Waals surface area contributed by atoms with Crippen LogP contribution in [0, 0.1) is 0 Å². The summed E-state index contributed by atoms with van der Waals surface area (Å²) in [5.41, 5.74) is 6.98.